The van der Waals surface area contributed by atoms with Crippen LogP contribution in [0.4, 0.5) is 0 Å². The molecular formula is C19H21O2P. The maximum Gasteiger partial charge on any atom is 0.309 e. The third-order valence-corrected chi connectivity index (χ3v) is 7.37. The van der Waals surface area contributed by atoms with Gasteiger partial charge in [0.15, 0.2) is 0 Å². The van der Waals surface area contributed by atoms with Crippen molar-refractivity contribution in [2.75, 3.05) is 7.11 Å². The highest BCUT2D eigenvalue weighted by atomic mass is 31.1. The van der Waals surface area contributed by atoms with E-state index >= 15 is 0 Å². The van der Waals surface area contributed by atoms with Gasteiger partial charge in [0.1, 0.15) is 0 Å². The zero-order chi connectivity index (χ0) is 15.4. The van der Waals surface area contributed by atoms with Gasteiger partial charge in [-0.2, -0.15) is 0 Å². The van der Waals surface area contributed by atoms with Gasteiger partial charge in [0.25, 0.3) is 0 Å². The highest BCUT2D eigenvalue weighted by molar-refractivity contribution is 7.73. The maximum atomic E-state index is 12.2. The highest BCUT2D eigenvalue weighted by Crippen LogP contribution is 2.50. The Labute approximate surface area is 133 Å². The van der Waals surface area contributed by atoms with Crippen LogP contribution in [-0.2, 0) is 9.53 Å². The molecule has 0 N–H and O–H groups in total. The van der Waals surface area contributed by atoms with Crippen LogP contribution in [0, 0.1) is 5.92 Å². The summed E-state index contributed by atoms with van der Waals surface area (Å²) in [4.78, 5) is 12.2. The van der Waals surface area contributed by atoms with E-state index in [1.165, 1.54) is 17.7 Å². The smallest absolute Gasteiger partial charge is 0.309 e. The summed E-state index contributed by atoms with van der Waals surface area (Å²) in [5, 5.41) is 2.70. The molecule has 0 aliphatic heterocycles. The molecule has 1 unspecified atom stereocenters. The first-order valence-electron chi connectivity index (χ1n) is 7.78. The van der Waals surface area contributed by atoms with E-state index in [1.807, 2.05) is 0 Å². The minimum atomic E-state index is -0.530. The van der Waals surface area contributed by atoms with Crippen LogP contribution < -0.4 is 10.6 Å². The molecule has 0 amide bonds. The fraction of sp³-hybridized carbons (Fsp3) is 0.316. The Morgan fingerprint density at radius 1 is 0.955 bits per heavy atom. The number of hydrogen-bond acceptors (Lipinski definition) is 2. The summed E-state index contributed by atoms with van der Waals surface area (Å²) in [5.41, 5.74) is 0.382. The van der Waals surface area contributed by atoms with E-state index in [0.29, 0.717) is 5.66 Å². The Kier molecular flexibility index (Phi) is 4.90. The van der Waals surface area contributed by atoms with Gasteiger partial charge in [-0.15, -0.1) is 0 Å². The second kappa shape index (κ2) is 7.07. The summed E-state index contributed by atoms with van der Waals surface area (Å²) in [7, 11) is 0.975. The number of hydrogen-bond donors (Lipinski definition) is 0. The van der Waals surface area contributed by atoms with Gasteiger partial charge in [-0.1, -0.05) is 67.1 Å². The van der Waals surface area contributed by atoms with Crippen LogP contribution in [0.25, 0.3) is 0 Å². The predicted molar refractivity (Wildman–Crippen MR) is 92.2 cm³/mol. The van der Waals surface area contributed by atoms with Crippen molar-refractivity contribution in [2.24, 2.45) is 5.92 Å². The monoisotopic (exact) mass is 312 g/mol. The number of methoxy groups -OCH3 is 1. The lowest BCUT2D eigenvalue weighted by atomic mass is 10.1. The Bertz CT molecular complexity index is 572. The summed E-state index contributed by atoms with van der Waals surface area (Å²) in [5.74, 6) is -0.00149. The van der Waals surface area contributed by atoms with Crippen molar-refractivity contribution in [1.29, 1.82) is 0 Å². The quantitative estimate of drug-likeness (QED) is 0.638. The molecule has 0 aromatic heterocycles. The lowest BCUT2D eigenvalue weighted by Gasteiger charge is -2.29. The summed E-state index contributed by atoms with van der Waals surface area (Å²) in [6.45, 7) is 0. The molecule has 1 aliphatic carbocycles. The molecule has 114 valence electrons. The van der Waals surface area contributed by atoms with Crippen molar-refractivity contribution in [3.8, 4) is 0 Å². The summed E-state index contributed by atoms with van der Waals surface area (Å²) < 4.78 is 5.06. The van der Waals surface area contributed by atoms with E-state index in [1.54, 1.807) is 0 Å². The standard InChI is InChI=1S/C19H21O2P/c1-21-19(20)17-13-8-14-18(17)22(15-9-4-2-5-10-15)16-11-6-3-7-12-16/h2-7,9-12,17-18H,8,13-14H2,1H3/t17?,18-/m1/s1. The van der Waals surface area contributed by atoms with Crippen LogP contribution in [-0.4, -0.2) is 18.7 Å². The molecule has 0 bridgehead atoms. The first kappa shape index (κ1) is 15.2. The first-order chi connectivity index (χ1) is 10.8. The molecule has 3 heteroatoms. The van der Waals surface area contributed by atoms with Gasteiger partial charge in [0.2, 0.25) is 0 Å². The zero-order valence-corrected chi connectivity index (χ0v) is 13.7. The van der Waals surface area contributed by atoms with Crippen molar-refractivity contribution >= 4 is 24.5 Å². The van der Waals surface area contributed by atoms with Gasteiger partial charge in [-0.25, -0.2) is 0 Å². The van der Waals surface area contributed by atoms with Crippen molar-refractivity contribution in [3.63, 3.8) is 0 Å². The normalized spacial score (nSPS) is 21.0. The summed E-state index contributed by atoms with van der Waals surface area (Å²) in [6, 6.07) is 21.3. The third-order valence-electron chi connectivity index (χ3n) is 4.38. The van der Waals surface area contributed by atoms with Crippen molar-refractivity contribution in [2.45, 2.75) is 24.9 Å². The van der Waals surface area contributed by atoms with E-state index in [4.69, 9.17) is 4.74 Å². The molecule has 0 heterocycles. The van der Waals surface area contributed by atoms with Crippen LogP contribution in [0.5, 0.6) is 0 Å². The average Bonchev–Trinajstić information content (AvgIpc) is 3.06. The lowest BCUT2D eigenvalue weighted by molar-refractivity contribution is -0.145. The average molecular weight is 312 g/mol. The molecule has 3 rings (SSSR count). The molecule has 2 atom stereocenters. The second-order valence-electron chi connectivity index (χ2n) is 5.67. The molecular weight excluding hydrogens is 291 g/mol. The van der Waals surface area contributed by atoms with Gasteiger partial charge < -0.3 is 4.74 Å². The number of esters is 1. The van der Waals surface area contributed by atoms with Gasteiger partial charge >= 0.3 is 5.97 Å². The molecule has 2 nitrogen and oxygen atoms in total. The molecule has 0 radical (unpaired) electrons. The molecule has 22 heavy (non-hydrogen) atoms. The lowest BCUT2D eigenvalue weighted by Crippen LogP contribution is -2.29. The van der Waals surface area contributed by atoms with Crippen LogP contribution >= 0.6 is 7.92 Å². The number of ether oxygens (including phenoxy) is 1. The Morgan fingerprint density at radius 2 is 1.50 bits per heavy atom. The Morgan fingerprint density at radius 3 is 2.00 bits per heavy atom. The topological polar surface area (TPSA) is 26.3 Å². The summed E-state index contributed by atoms with van der Waals surface area (Å²) in [6.07, 6.45) is 3.17. The minimum Gasteiger partial charge on any atom is -0.469 e. The summed E-state index contributed by atoms with van der Waals surface area (Å²) >= 11 is 0. The molecule has 0 saturated heterocycles. The van der Waals surface area contributed by atoms with Gasteiger partial charge in [0.05, 0.1) is 13.0 Å². The SMILES string of the molecule is COC(=O)C1CCC[C@H]1P(c1ccccc1)c1ccccc1. The van der Waals surface area contributed by atoms with Crippen LogP contribution in [0.2, 0.25) is 0 Å². The number of benzene rings is 2. The number of carbonyl (C=O) groups is 1. The van der Waals surface area contributed by atoms with Crippen LogP contribution in [0.1, 0.15) is 19.3 Å². The zero-order valence-electron chi connectivity index (χ0n) is 12.8. The van der Waals surface area contributed by atoms with E-state index in [-0.39, 0.29) is 11.9 Å². The molecule has 1 saturated carbocycles. The third kappa shape index (κ3) is 3.08. The minimum absolute atomic E-state index is 0.0384. The Hall–Kier alpha value is -1.66. The number of rotatable bonds is 4. The van der Waals surface area contributed by atoms with Crippen LogP contribution in [0.15, 0.2) is 60.7 Å². The van der Waals surface area contributed by atoms with Crippen molar-refractivity contribution < 1.29 is 9.53 Å². The van der Waals surface area contributed by atoms with Gasteiger partial charge in [0, 0.05) is 5.66 Å². The number of carbonyl (C=O) groups excluding carboxylic acids is 1. The van der Waals surface area contributed by atoms with E-state index in [9.17, 15) is 4.79 Å². The van der Waals surface area contributed by atoms with Crippen LogP contribution in [0.3, 0.4) is 0 Å². The predicted octanol–water partition coefficient (Wildman–Crippen LogP) is 3.46. The second-order valence-corrected chi connectivity index (χ2v) is 8.11. The van der Waals surface area contributed by atoms with Gasteiger partial charge in [-0.05, 0) is 31.4 Å². The van der Waals surface area contributed by atoms with E-state index in [2.05, 4.69) is 60.7 Å². The first-order valence-corrected chi connectivity index (χ1v) is 9.19. The van der Waals surface area contributed by atoms with Gasteiger partial charge in [-0.3, -0.25) is 4.79 Å². The van der Waals surface area contributed by atoms with Crippen molar-refractivity contribution in [3.05, 3.63) is 60.7 Å². The van der Waals surface area contributed by atoms with Crippen molar-refractivity contribution in [1.82, 2.24) is 0 Å². The maximum absolute atomic E-state index is 12.2. The fourth-order valence-electron chi connectivity index (χ4n) is 3.39. The van der Waals surface area contributed by atoms with E-state index < -0.39 is 7.92 Å². The fourth-order valence-corrected chi connectivity index (χ4v) is 6.51. The largest absolute Gasteiger partial charge is 0.469 e. The Balaban J connectivity index is 2.00. The molecule has 2 aromatic rings. The molecule has 1 aliphatic rings. The molecule has 1 fully saturated rings. The van der Waals surface area contributed by atoms with E-state index in [0.717, 1.165) is 19.3 Å². The highest BCUT2D eigenvalue weighted by Gasteiger charge is 2.39. The molecule has 0 spiro atoms. The molecule has 2 aromatic carbocycles.